The number of methoxy groups -OCH3 is 1. The van der Waals surface area contributed by atoms with Gasteiger partial charge < -0.3 is 20.3 Å². The Morgan fingerprint density at radius 2 is 2.14 bits per heavy atom. The van der Waals surface area contributed by atoms with E-state index < -0.39 is 5.92 Å². The van der Waals surface area contributed by atoms with Gasteiger partial charge in [0.25, 0.3) is 0 Å². The minimum atomic E-state index is -0.701. The van der Waals surface area contributed by atoms with Gasteiger partial charge in [-0.15, -0.1) is 5.10 Å². The summed E-state index contributed by atoms with van der Waals surface area (Å²) in [5, 5.41) is 27.8. The summed E-state index contributed by atoms with van der Waals surface area (Å²) in [6.45, 7) is 0. The average molecular weight is 395 g/mol. The molecule has 0 bridgehead atoms. The van der Waals surface area contributed by atoms with Crippen molar-refractivity contribution in [2.45, 2.75) is 5.92 Å². The van der Waals surface area contributed by atoms with Gasteiger partial charge in [0.05, 0.1) is 24.3 Å². The standard InChI is InChI=1S/C20H15ClN4O3/c1-27-12-4-2-3-10(7-12)18-17-16(13-8-11(21)5-6-15(13)26)14(9-22)19(23)28-20(17)25-24-18/h2-8,16,26H,23H2,1H3,(H,24,25)/t16-/m1/s1. The first-order valence-corrected chi connectivity index (χ1v) is 8.70. The molecule has 1 aliphatic rings. The minimum absolute atomic E-state index is 0.0133. The zero-order chi connectivity index (χ0) is 19.8. The second-order valence-corrected chi connectivity index (χ2v) is 6.61. The lowest BCUT2D eigenvalue weighted by atomic mass is 9.82. The third-order valence-corrected chi connectivity index (χ3v) is 4.83. The smallest absolute Gasteiger partial charge is 0.244 e. The third-order valence-electron chi connectivity index (χ3n) is 4.60. The highest BCUT2D eigenvalue weighted by molar-refractivity contribution is 6.30. The number of hydrogen-bond acceptors (Lipinski definition) is 6. The van der Waals surface area contributed by atoms with Gasteiger partial charge in [0.2, 0.25) is 11.8 Å². The van der Waals surface area contributed by atoms with Crippen molar-refractivity contribution in [1.29, 1.82) is 5.26 Å². The van der Waals surface area contributed by atoms with Crippen molar-refractivity contribution in [2.75, 3.05) is 7.11 Å². The van der Waals surface area contributed by atoms with Gasteiger partial charge in [0.1, 0.15) is 23.1 Å². The van der Waals surface area contributed by atoms with Crippen LogP contribution in [0.15, 0.2) is 53.9 Å². The SMILES string of the molecule is COc1cccc(-c2[nH]nc3c2[C@H](c2cc(Cl)ccc2O)C(C#N)=C(N)O3)c1. The Bertz CT molecular complexity index is 1150. The molecule has 1 atom stereocenters. The van der Waals surface area contributed by atoms with Gasteiger partial charge in [0.15, 0.2) is 0 Å². The van der Waals surface area contributed by atoms with Gasteiger partial charge in [-0.2, -0.15) is 5.26 Å². The van der Waals surface area contributed by atoms with Crippen molar-refractivity contribution >= 4 is 11.6 Å². The molecule has 0 spiro atoms. The van der Waals surface area contributed by atoms with Gasteiger partial charge in [-0.25, -0.2) is 0 Å². The number of nitrogens with zero attached hydrogens (tertiary/aromatic N) is 2. The van der Waals surface area contributed by atoms with E-state index in [1.807, 2.05) is 24.3 Å². The quantitative estimate of drug-likeness (QED) is 0.624. The number of nitriles is 1. The van der Waals surface area contributed by atoms with Crippen molar-refractivity contribution in [1.82, 2.24) is 10.2 Å². The molecule has 0 unspecified atom stereocenters. The maximum absolute atomic E-state index is 10.5. The number of fused-ring (bicyclic) bond motifs is 1. The molecule has 140 valence electrons. The highest BCUT2D eigenvalue weighted by Crippen LogP contribution is 2.48. The Morgan fingerprint density at radius 1 is 1.32 bits per heavy atom. The summed E-state index contributed by atoms with van der Waals surface area (Å²) >= 11 is 6.15. The number of rotatable bonds is 3. The summed E-state index contributed by atoms with van der Waals surface area (Å²) in [4.78, 5) is 0. The van der Waals surface area contributed by atoms with E-state index in [4.69, 9.17) is 26.8 Å². The van der Waals surface area contributed by atoms with Crippen LogP contribution in [0.25, 0.3) is 11.3 Å². The predicted molar refractivity (Wildman–Crippen MR) is 103 cm³/mol. The predicted octanol–water partition coefficient (Wildman–Crippen LogP) is 3.66. The second-order valence-electron chi connectivity index (χ2n) is 6.18. The molecule has 2 heterocycles. The van der Waals surface area contributed by atoms with Crippen LogP contribution in [0.1, 0.15) is 17.0 Å². The summed E-state index contributed by atoms with van der Waals surface area (Å²) in [6.07, 6.45) is 0. The first kappa shape index (κ1) is 17.8. The van der Waals surface area contributed by atoms with Crippen molar-refractivity contribution in [3.63, 3.8) is 0 Å². The van der Waals surface area contributed by atoms with Gasteiger partial charge in [-0.3, -0.25) is 5.10 Å². The normalized spacial score (nSPS) is 15.5. The van der Waals surface area contributed by atoms with Crippen molar-refractivity contribution in [3.05, 3.63) is 70.1 Å². The zero-order valence-corrected chi connectivity index (χ0v) is 15.5. The Morgan fingerprint density at radius 3 is 2.89 bits per heavy atom. The lowest BCUT2D eigenvalue weighted by molar-refractivity contribution is 0.377. The number of halogens is 1. The van der Waals surface area contributed by atoms with Gasteiger partial charge in [-0.05, 0) is 30.3 Å². The molecule has 4 N–H and O–H groups in total. The van der Waals surface area contributed by atoms with E-state index in [2.05, 4.69) is 16.3 Å². The second kappa shape index (κ2) is 6.83. The van der Waals surface area contributed by atoms with Crippen LogP contribution in [-0.4, -0.2) is 22.4 Å². The summed E-state index contributed by atoms with van der Waals surface area (Å²) < 4.78 is 10.9. The Hall–Kier alpha value is -3.63. The average Bonchev–Trinajstić information content (AvgIpc) is 3.12. The van der Waals surface area contributed by atoms with Crippen LogP contribution < -0.4 is 15.2 Å². The number of aromatic amines is 1. The Labute approximate surface area is 165 Å². The molecule has 0 radical (unpaired) electrons. The van der Waals surface area contributed by atoms with Crippen LogP contribution in [-0.2, 0) is 0 Å². The number of phenolic OH excluding ortho intramolecular Hbond substituents is 1. The summed E-state index contributed by atoms with van der Waals surface area (Å²) in [5.41, 5.74) is 8.54. The highest BCUT2D eigenvalue weighted by Gasteiger charge is 2.37. The van der Waals surface area contributed by atoms with E-state index in [1.54, 1.807) is 19.2 Å². The van der Waals surface area contributed by atoms with E-state index in [0.717, 1.165) is 5.56 Å². The fraction of sp³-hybridized carbons (Fsp3) is 0.100. The largest absolute Gasteiger partial charge is 0.508 e. The first-order chi connectivity index (χ1) is 13.5. The van der Waals surface area contributed by atoms with Crippen LogP contribution in [0, 0.1) is 11.3 Å². The van der Waals surface area contributed by atoms with Gasteiger partial charge >= 0.3 is 0 Å². The van der Waals surface area contributed by atoms with E-state index in [-0.39, 0.29) is 23.1 Å². The molecule has 3 aromatic rings. The van der Waals surface area contributed by atoms with Crippen LogP contribution in [0.5, 0.6) is 17.4 Å². The van der Waals surface area contributed by atoms with E-state index in [9.17, 15) is 10.4 Å². The molecule has 1 aliphatic heterocycles. The monoisotopic (exact) mass is 394 g/mol. The van der Waals surface area contributed by atoms with E-state index >= 15 is 0 Å². The van der Waals surface area contributed by atoms with Crippen molar-refractivity contribution in [3.8, 4) is 34.7 Å². The van der Waals surface area contributed by atoms with E-state index in [0.29, 0.717) is 27.6 Å². The third kappa shape index (κ3) is 2.80. The molecule has 0 saturated carbocycles. The van der Waals surface area contributed by atoms with E-state index in [1.165, 1.54) is 6.07 Å². The first-order valence-electron chi connectivity index (χ1n) is 8.32. The summed E-state index contributed by atoms with van der Waals surface area (Å²) in [7, 11) is 1.58. The fourth-order valence-electron chi connectivity index (χ4n) is 3.31. The molecule has 4 rings (SSSR count). The Kier molecular flexibility index (Phi) is 4.34. The molecule has 0 saturated heterocycles. The number of phenols is 1. The summed E-state index contributed by atoms with van der Waals surface area (Å²) in [5.74, 6) is 0.116. The molecule has 0 fully saturated rings. The summed E-state index contributed by atoms with van der Waals surface area (Å²) in [6, 6.07) is 14.1. The number of hydrogen-bond donors (Lipinski definition) is 3. The number of nitrogens with one attached hydrogen (secondary N) is 1. The molecular formula is C20H15ClN4O3. The van der Waals surface area contributed by atoms with Gasteiger partial charge in [-0.1, -0.05) is 23.7 Å². The number of allylic oxidation sites excluding steroid dienone is 1. The minimum Gasteiger partial charge on any atom is -0.508 e. The number of nitrogens with two attached hydrogens (primary N) is 1. The molecule has 7 nitrogen and oxygen atoms in total. The topological polar surface area (TPSA) is 117 Å². The molecule has 8 heteroatoms. The van der Waals surface area contributed by atoms with Crippen LogP contribution in [0.2, 0.25) is 5.02 Å². The molecule has 1 aromatic heterocycles. The lowest BCUT2D eigenvalue weighted by Gasteiger charge is -2.24. The maximum atomic E-state index is 10.5. The zero-order valence-electron chi connectivity index (χ0n) is 14.7. The molecule has 2 aromatic carbocycles. The molecular weight excluding hydrogens is 380 g/mol. The van der Waals surface area contributed by atoms with Gasteiger partial charge in [0, 0.05) is 16.1 Å². The number of ether oxygens (including phenoxy) is 2. The number of H-pyrrole nitrogens is 1. The molecule has 0 amide bonds. The van der Waals surface area contributed by atoms with Crippen molar-refractivity contribution in [2.24, 2.45) is 5.73 Å². The van der Waals surface area contributed by atoms with Crippen LogP contribution in [0.3, 0.4) is 0 Å². The number of aromatic hydroxyl groups is 1. The maximum Gasteiger partial charge on any atom is 0.244 e. The van der Waals surface area contributed by atoms with Crippen LogP contribution in [0.4, 0.5) is 0 Å². The highest BCUT2D eigenvalue weighted by atomic mass is 35.5. The fourth-order valence-corrected chi connectivity index (χ4v) is 3.49. The Balaban J connectivity index is 1.98. The molecule has 0 aliphatic carbocycles. The molecule has 28 heavy (non-hydrogen) atoms. The number of aromatic nitrogens is 2. The lowest BCUT2D eigenvalue weighted by Crippen LogP contribution is -2.21. The van der Waals surface area contributed by atoms with Crippen molar-refractivity contribution < 1.29 is 14.6 Å². The van der Waals surface area contributed by atoms with Crippen LogP contribution >= 0.6 is 11.6 Å². The number of benzene rings is 2.